The summed E-state index contributed by atoms with van der Waals surface area (Å²) >= 11 is 0. The van der Waals surface area contributed by atoms with E-state index >= 15 is 0 Å². The molecule has 3 N–H and O–H groups in total. The zero-order chi connectivity index (χ0) is 20.9. The Hall–Kier alpha value is -3.42. The van der Waals surface area contributed by atoms with E-state index in [-0.39, 0.29) is 11.7 Å². The van der Waals surface area contributed by atoms with Crippen LogP contribution in [-0.4, -0.2) is 44.5 Å². The Kier molecular flexibility index (Phi) is 9.74. The number of ketones is 1. The van der Waals surface area contributed by atoms with Crippen molar-refractivity contribution < 1.29 is 29.3 Å². The molecule has 0 aliphatic carbocycles. The van der Waals surface area contributed by atoms with E-state index in [1.165, 1.54) is 0 Å². The van der Waals surface area contributed by atoms with E-state index in [1.807, 2.05) is 44.3 Å². The number of aromatic nitrogens is 2. The molecule has 0 atom stereocenters. The summed E-state index contributed by atoms with van der Waals surface area (Å²) in [6.07, 6.45) is 6.47. The van der Waals surface area contributed by atoms with Gasteiger partial charge in [-0.1, -0.05) is 13.8 Å². The lowest BCUT2D eigenvalue weighted by molar-refractivity contribution is -0.134. The molecule has 0 unspecified atom stereocenters. The monoisotopic (exact) mass is 388 g/mol. The van der Waals surface area contributed by atoms with Crippen molar-refractivity contribution in [2.75, 3.05) is 6.61 Å². The van der Waals surface area contributed by atoms with E-state index in [1.54, 1.807) is 6.33 Å². The number of carboxylic acids is 2. The van der Waals surface area contributed by atoms with Crippen molar-refractivity contribution >= 4 is 17.7 Å². The van der Waals surface area contributed by atoms with Crippen molar-refractivity contribution in [3.8, 4) is 5.75 Å². The summed E-state index contributed by atoms with van der Waals surface area (Å²) < 4.78 is 5.65. The predicted octanol–water partition coefficient (Wildman–Crippen LogP) is 2.97. The SMILES string of the molecule is CC(C)C(=O)c1ccc(OCCCc2cnc[nH]2)cc1.O=C(O)/C=C\C(=O)O. The average molecular weight is 388 g/mol. The van der Waals surface area contributed by atoms with Gasteiger partial charge in [0, 0.05) is 35.5 Å². The number of carbonyl (C=O) groups excluding carboxylic acids is 1. The van der Waals surface area contributed by atoms with Gasteiger partial charge >= 0.3 is 11.9 Å². The number of carboxylic acid groups (broad SMARTS) is 2. The highest BCUT2D eigenvalue weighted by Gasteiger charge is 2.09. The molecule has 1 heterocycles. The molecule has 0 radical (unpaired) electrons. The maximum atomic E-state index is 11.8. The molecule has 2 rings (SSSR count). The molecule has 0 fully saturated rings. The van der Waals surface area contributed by atoms with Gasteiger partial charge in [0.2, 0.25) is 0 Å². The van der Waals surface area contributed by atoms with Gasteiger partial charge in [-0.05, 0) is 37.1 Å². The van der Waals surface area contributed by atoms with Gasteiger partial charge in [0.15, 0.2) is 5.78 Å². The standard InChI is InChI=1S/C16H20N2O2.C4H4O4/c1-12(2)16(19)13-5-7-15(8-6-13)20-9-3-4-14-10-17-11-18-14;5-3(6)1-2-4(7)8/h5-8,10-12H,3-4,9H2,1-2H3,(H,17,18);1-2H,(H,5,6)(H,7,8)/b;2-1-. The van der Waals surface area contributed by atoms with Crippen LogP contribution in [0.2, 0.25) is 0 Å². The number of aryl methyl sites for hydroxylation is 1. The van der Waals surface area contributed by atoms with E-state index in [0.717, 1.165) is 29.8 Å². The van der Waals surface area contributed by atoms with Gasteiger partial charge in [-0.15, -0.1) is 0 Å². The zero-order valence-corrected chi connectivity index (χ0v) is 15.8. The number of nitrogens with one attached hydrogen (secondary N) is 1. The second-order valence-corrected chi connectivity index (χ2v) is 6.08. The van der Waals surface area contributed by atoms with Crippen LogP contribution in [0.4, 0.5) is 0 Å². The van der Waals surface area contributed by atoms with Crippen molar-refractivity contribution in [2.24, 2.45) is 5.92 Å². The zero-order valence-electron chi connectivity index (χ0n) is 15.8. The Labute approximate surface area is 162 Å². The van der Waals surface area contributed by atoms with E-state index in [4.69, 9.17) is 14.9 Å². The minimum absolute atomic E-state index is 0.0242. The highest BCUT2D eigenvalue weighted by molar-refractivity contribution is 5.97. The van der Waals surface area contributed by atoms with Gasteiger partial charge in [0.25, 0.3) is 0 Å². The van der Waals surface area contributed by atoms with Gasteiger partial charge in [-0.25, -0.2) is 14.6 Å². The first kappa shape index (κ1) is 22.6. The van der Waals surface area contributed by atoms with Crippen LogP contribution < -0.4 is 4.74 Å². The second-order valence-electron chi connectivity index (χ2n) is 6.08. The number of imidazole rings is 1. The molecule has 0 spiro atoms. The quantitative estimate of drug-likeness (QED) is 0.342. The third kappa shape index (κ3) is 9.33. The first-order chi connectivity index (χ1) is 13.3. The third-order valence-electron chi connectivity index (χ3n) is 3.45. The van der Waals surface area contributed by atoms with Crippen LogP contribution in [0.3, 0.4) is 0 Å². The van der Waals surface area contributed by atoms with Crippen LogP contribution in [0, 0.1) is 5.92 Å². The molecule has 28 heavy (non-hydrogen) atoms. The summed E-state index contributed by atoms with van der Waals surface area (Å²) in [5.41, 5.74) is 1.86. The van der Waals surface area contributed by atoms with Crippen LogP contribution in [0.1, 0.15) is 36.3 Å². The molecule has 0 amide bonds. The Morgan fingerprint density at radius 2 is 1.71 bits per heavy atom. The number of rotatable bonds is 9. The van der Waals surface area contributed by atoms with Crippen molar-refractivity contribution in [2.45, 2.75) is 26.7 Å². The van der Waals surface area contributed by atoms with Gasteiger partial charge < -0.3 is 19.9 Å². The van der Waals surface area contributed by atoms with Crippen LogP contribution >= 0.6 is 0 Å². The van der Waals surface area contributed by atoms with Crippen molar-refractivity contribution in [3.05, 3.63) is 60.2 Å². The summed E-state index contributed by atoms with van der Waals surface area (Å²) in [4.78, 5) is 37.9. The number of H-pyrrole nitrogens is 1. The number of Topliss-reactive ketones (excluding diaryl/α,β-unsaturated/α-hetero) is 1. The lowest BCUT2D eigenvalue weighted by Gasteiger charge is -2.07. The second kappa shape index (κ2) is 12.1. The summed E-state index contributed by atoms with van der Waals surface area (Å²) in [5, 5.41) is 15.6. The lowest BCUT2D eigenvalue weighted by Crippen LogP contribution is -2.07. The number of hydrogen-bond donors (Lipinski definition) is 3. The fraction of sp³-hybridized carbons (Fsp3) is 0.300. The lowest BCUT2D eigenvalue weighted by atomic mass is 10.0. The minimum Gasteiger partial charge on any atom is -0.494 e. The van der Waals surface area contributed by atoms with E-state index in [9.17, 15) is 14.4 Å². The topological polar surface area (TPSA) is 130 Å². The molecule has 8 nitrogen and oxygen atoms in total. The molecule has 1 aromatic heterocycles. The number of aliphatic carboxylic acids is 2. The maximum Gasteiger partial charge on any atom is 0.328 e. The molecule has 0 aliphatic rings. The Morgan fingerprint density at radius 3 is 2.18 bits per heavy atom. The number of aromatic amines is 1. The largest absolute Gasteiger partial charge is 0.494 e. The molecule has 1 aromatic carbocycles. The molecule has 0 saturated carbocycles. The third-order valence-corrected chi connectivity index (χ3v) is 3.45. The molecule has 0 bridgehead atoms. The predicted molar refractivity (Wildman–Crippen MR) is 102 cm³/mol. The molecule has 150 valence electrons. The number of nitrogens with zero attached hydrogens (tertiary/aromatic N) is 1. The Bertz CT molecular complexity index is 764. The molecule has 0 aliphatic heterocycles. The van der Waals surface area contributed by atoms with Crippen molar-refractivity contribution in [1.82, 2.24) is 9.97 Å². The Morgan fingerprint density at radius 1 is 1.11 bits per heavy atom. The molecule has 8 heteroatoms. The van der Waals surface area contributed by atoms with E-state index < -0.39 is 11.9 Å². The van der Waals surface area contributed by atoms with E-state index in [2.05, 4.69) is 9.97 Å². The number of hydrogen-bond acceptors (Lipinski definition) is 5. The number of ether oxygens (including phenoxy) is 1. The first-order valence-electron chi connectivity index (χ1n) is 8.68. The van der Waals surface area contributed by atoms with Gasteiger partial charge in [-0.3, -0.25) is 4.79 Å². The summed E-state index contributed by atoms with van der Waals surface area (Å²) in [6.45, 7) is 4.46. The number of carbonyl (C=O) groups is 3. The van der Waals surface area contributed by atoms with Gasteiger partial charge in [-0.2, -0.15) is 0 Å². The van der Waals surface area contributed by atoms with Crippen LogP contribution in [0.5, 0.6) is 5.75 Å². The Balaban J connectivity index is 0.000000416. The molecule has 2 aromatic rings. The highest BCUT2D eigenvalue weighted by atomic mass is 16.5. The van der Waals surface area contributed by atoms with Gasteiger partial charge in [0.1, 0.15) is 5.75 Å². The fourth-order valence-corrected chi connectivity index (χ4v) is 2.07. The minimum atomic E-state index is -1.26. The first-order valence-corrected chi connectivity index (χ1v) is 8.68. The summed E-state index contributed by atoms with van der Waals surface area (Å²) in [5.74, 6) is -1.53. The average Bonchev–Trinajstić information content (AvgIpc) is 3.17. The summed E-state index contributed by atoms with van der Waals surface area (Å²) in [7, 11) is 0. The maximum absolute atomic E-state index is 11.8. The molecular formula is C20H24N2O6. The summed E-state index contributed by atoms with van der Waals surface area (Å²) in [6, 6.07) is 7.36. The van der Waals surface area contributed by atoms with Crippen LogP contribution in [0.25, 0.3) is 0 Å². The van der Waals surface area contributed by atoms with Crippen molar-refractivity contribution in [1.29, 1.82) is 0 Å². The van der Waals surface area contributed by atoms with Crippen molar-refractivity contribution in [3.63, 3.8) is 0 Å². The molecular weight excluding hydrogens is 364 g/mol. The highest BCUT2D eigenvalue weighted by Crippen LogP contribution is 2.15. The van der Waals surface area contributed by atoms with E-state index in [0.29, 0.717) is 18.8 Å². The number of benzene rings is 1. The fourth-order valence-electron chi connectivity index (χ4n) is 2.07. The molecule has 0 saturated heterocycles. The van der Waals surface area contributed by atoms with Crippen LogP contribution in [0.15, 0.2) is 48.9 Å². The normalized spacial score (nSPS) is 10.4. The smallest absolute Gasteiger partial charge is 0.328 e. The van der Waals surface area contributed by atoms with Crippen LogP contribution in [-0.2, 0) is 16.0 Å². The van der Waals surface area contributed by atoms with Gasteiger partial charge in [0.05, 0.1) is 12.9 Å².